The third-order valence-electron chi connectivity index (χ3n) is 5.26. The Bertz CT molecular complexity index is 1040. The molecule has 2 heterocycles. The molecule has 1 aromatic carbocycles. The highest BCUT2D eigenvalue weighted by Gasteiger charge is 2.33. The number of carbonyl (C=O) groups is 2. The van der Waals surface area contributed by atoms with Crippen LogP contribution in [0.3, 0.4) is 0 Å². The molecular formula is C20H20F4N4O3. The van der Waals surface area contributed by atoms with E-state index in [0.717, 1.165) is 17.0 Å². The summed E-state index contributed by atoms with van der Waals surface area (Å²) in [7, 11) is 1.25. The fourth-order valence-electron chi connectivity index (χ4n) is 3.35. The Labute approximate surface area is 175 Å². The molecule has 11 heteroatoms. The molecule has 0 fully saturated rings. The largest absolute Gasteiger partial charge is 0.416 e. The van der Waals surface area contributed by atoms with Gasteiger partial charge >= 0.3 is 18.0 Å². The maximum absolute atomic E-state index is 14.3. The van der Waals surface area contributed by atoms with Gasteiger partial charge in [-0.1, -0.05) is 6.07 Å². The summed E-state index contributed by atoms with van der Waals surface area (Å²) < 4.78 is 58.0. The maximum Gasteiger partial charge on any atom is 0.416 e. The van der Waals surface area contributed by atoms with E-state index in [-0.39, 0.29) is 29.8 Å². The predicted octanol–water partition coefficient (Wildman–Crippen LogP) is 3.57. The van der Waals surface area contributed by atoms with Crippen molar-refractivity contribution in [3.8, 4) is 0 Å². The van der Waals surface area contributed by atoms with Gasteiger partial charge in [-0.3, -0.25) is 9.59 Å². The lowest BCUT2D eigenvalue weighted by atomic mass is 10.0. The quantitative estimate of drug-likeness (QED) is 0.562. The first-order valence-corrected chi connectivity index (χ1v) is 9.25. The Morgan fingerprint density at radius 3 is 2.65 bits per heavy atom. The van der Waals surface area contributed by atoms with Gasteiger partial charge in [0, 0.05) is 23.7 Å². The van der Waals surface area contributed by atoms with Crippen molar-refractivity contribution in [2.45, 2.75) is 38.8 Å². The van der Waals surface area contributed by atoms with Gasteiger partial charge < -0.3 is 20.7 Å². The highest BCUT2D eigenvalue weighted by atomic mass is 19.4. The summed E-state index contributed by atoms with van der Waals surface area (Å²) >= 11 is 0. The van der Waals surface area contributed by atoms with Crippen LogP contribution in [-0.2, 0) is 27.1 Å². The number of fused-ring (bicyclic) bond motifs is 1. The summed E-state index contributed by atoms with van der Waals surface area (Å²) in [5.74, 6) is -2.90. The molecule has 0 bridgehead atoms. The Morgan fingerprint density at radius 1 is 1.35 bits per heavy atom. The van der Waals surface area contributed by atoms with Crippen LogP contribution in [-0.4, -0.2) is 28.7 Å². The minimum atomic E-state index is -4.70. The van der Waals surface area contributed by atoms with E-state index >= 15 is 0 Å². The lowest BCUT2D eigenvalue weighted by Crippen LogP contribution is -2.39. The molecule has 1 aromatic heterocycles. The van der Waals surface area contributed by atoms with Crippen LogP contribution < -0.4 is 11.1 Å². The Morgan fingerprint density at radius 2 is 2.03 bits per heavy atom. The predicted molar refractivity (Wildman–Crippen MR) is 103 cm³/mol. The van der Waals surface area contributed by atoms with E-state index in [2.05, 4.69) is 10.3 Å². The van der Waals surface area contributed by atoms with Gasteiger partial charge in [-0.2, -0.15) is 13.2 Å². The zero-order valence-corrected chi connectivity index (χ0v) is 16.9. The van der Waals surface area contributed by atoms with Gasteiger partial charge in [0.05, 0.1) is 36.2 Å². The number of rotatable bonds is 3. The van der Waals surface area contributed by atoms with Gasteiger partial charge in [0.25, 0.3) is 0 Å². The zero-order valence-electron chi connectivity index (χ0n) is 16.9. The van der Waals surface area contributed by atoms with E-state index < -0.39 is 35.4 Å². The third kappa shape index (κ3) is 4.31. The first-order valence-electron chi connectivity index (χ1n) is 9.25. The number of nitrogen functional groups attached to an aromatic ring is 1. The average molecular weight is 440 g/mol. The first kappa shape index (κ1) is 22.5. The number of anilines is 2. The molecule has 3 rings (SSSR count). The summed E-state index contributed by atoms with van der Waals surface area (Å²) in [4.78, 5) is 30.0. The zero-order chi connectivity index (χ0) is 23.1. The highest BCUT2D eigenvalue weighted by molar-refractivity contribution is 6.39. The Kier molecular flexibility index (Phi) is 5.90. The van der Waals surface area contributed by atoms with E-state index in [0.29, 0.717) is 17.2 Å². The standard InChI is InChI=1S/C20H20F4N4O3/c1-9(12-5-4-11(6-14(12)21)20(22,23)24)28(3)19(30)18(29)27-15-7-26-17(25)16-10(2)31-8-13(15)16/h4-7,9-10H,8H2,1-3H3,(H2,25,26)(H,27,29)/t9-,10-/m1/s1. The molecular weight excluding hydrogens is 420 g/mol. The van der Waals surface area contributed by atoms with Crippen LogP contribution >= 0.6 is 0 Å². The summed E-state index contributed by atoms with van der Waals surface area (Å²) in [6.07, 6.45) is -3.71. The highest BCUT2D eigenvalue weighted by Crippen LogP contribution is 2.37. The molecule has 2 aromatic rings. The Balaban J connectivity index is 1.77. The smallest absolute Gasteiger partial charge is 0.383 e. The van der Waals surface area contributed by atoms with E-state index in [1.54, 1.807) is 6.92 Å². The number of hydrogen-bond donors (Lipinski definition) is 2. The molecule has 0 spiro atoms. The number of amides is 2. The topological polar surface area (TPSA) is 97.6 Å². The molecule has 0 radical (unpaired) electrons. The molecule has 2 atom stereocenters. The van der Waals surface area contributed by atoms with Gasteiger partial charge in [0.2, 0.25) is 0 Å². The number of nitrogens with one attached hydrogen (secondary N) is 1. The van der Waals surface area contributed by atoms with Gasteiger partial charge in [0.1, 0.15) is 11.6 Å². The van der Waals surface area contributed by atoms with Crippen molar-refractivity contribution in [1.29, 1.82) is 0 Å². The van der Waals surface area contributed by atoms with Gasteiger partial charge in [0.15, 0.2) is 0 Å². The lowest BCUT2D eigenvalue weighted by molar-refractivity contribution is -0.143. The summed E-state index contributed by atoms with van der Waals surface area (Å²) in [6, 6.07) is 1.02. The maximum atomic E-state index is 14.3. The number of nitrogens with two attached hydrogens (primary N) is 1. The minimum absolute atomic E-state index is 0.158. The lowest BCUT2D eigenvalue weighted by Gasteiger charge is -2.25. The summed E-state index contributed by atoms with van der Waals surface area (Å²) in [6.45, 7) is 3.35. The molecule has 0 saturated heterocycles. The van der Waals surface area contributed by atoms with Crippen LogP contribution in [0.15, 0.2) is 24.4 Å². The molecule has 31 heavy (non-hydrogen) atoms. The van der Waals surface area contributed by atoms with Gasteiger partial charge in [-0.15, -0.1) is 0 Å². The number of carbonyl (C=O) groups excluding carboxylic acids is 2. The normalized spacial score (nSPS) is 16.5. The molecule has 0 saturated carbocycles. The van der Waals surface area contributed by atoms with Crippen molar-refractivity contribution in [2.75, 3.05) is 18.1 Å². The molecule has 166 valence electrons. The number of alkyl halides is 3. The number of halogens is 4. The fourth-order valence-corrected chi connectivity index (χ4v) is 3.35. The minimum Gasteiger partial charge on any atom is -0.383 e. The van der Waals surface area contributed by atoms with E-state index in [1.165, 1.54) is 20.2 Å². The van der Waals surface area contributed by atoms with E-state index in [9.17, 15) is 27.2 Å². The first-order chi connectivity index (χ1) is 14.4. The summed E-state index contributed by atoms with van der Waals surface area (Å²) in [5.41, 5.74) is 6.02. The van der Waals surface area contributed by atoms with Crippen molar-refractivity contribution < 1.29 is 31.9 Å². The number of nitrogens with zero attached hydrogens (tertiary/aromatic N) is 2. The van der Waals surface area contributed by atoms with Crippen molar-refractivity contribution in [2.24, 2.45) is 0 Å². The third-order valence-corrected chi connectivity index (χ3v) is 5.26. The molecule has 7 nitrogen and oxygen atoms in total. The molecule has 1 aliphatic rings. The number of likely N-dealkylation sites (N-methyl/N-ethyl adjacent to an activating group) is 1. The van der Waals surface area contributed by atoms with Gasteiger partial charge in [-0.05, 0) is 26.0 Å². The Hall–Kier alpha value is -3.21. The second kappa shape index (κ2) is 8.14. The number of pyridine rings is 1. The fraction of sp³-hybridized carbons (Fsp3) is 0.350. The number of benzene rings is 1. The van der Waals surface area contributed by atoms with Crippen molar-refractivity contribution in [3.05, 3.63) is 52.5 Å². The number of hydrogen-bond acceptors (Lipinski definition) is 5. The summed E-state index contributed by atoms with van der Waals surface area (Å²) in [5, 5.41) is 2.45. The van der Waals surface area contributed by atoms with Gasteiger partial charge in [-0.25, -0.2) is 9.37 Å². The van der Waals surface area contributed by atoms with Crippen LogP contribution in [0.1, 0.15) is 48.2 Å². The second-order valence-electron chi connectivity index (χ2n) is 7.18. The van der Waals surface area contributed by atoms with Crippen LogP contribution in [0, 0.1) is 5.82 Å². The van der Waals surface area contributed by atoms with Crippen LogP contribution in [0.4, 0.5) is 29.1 Å². The van der Waals surface area contributed by atoms with E-state index in [4.69, 9.17) is 10.5 Å². The SMILES string of the molecule is C[C@H](c1ccc(C(F)(F)F)cc1F)N(C)C(=O)C(=O)Nc1cnc(N)c2c1CO[C@@H]2C. The second-order valence-corrected chi connectivity index (χ2v) is 7.18. The van der Waals surface area contributed by atoms with Crippen LogP contribution in [0.5, 0.6) is 0 Å². The van der Waals surface area contributed by atoms with Crippen LogP contribution in [0.2, 0.25) is 0 Å². The monoisotopic (exact) mass is 440 g/mol. The molecule has 1 aliphatic heterocycles. The number of aromatic nitrogens is 1. The van der Waals surface area contributed by atoms with E-state index in [1.807, 2.05) is 0 Å². The van der Waals surface area contributed by atoms with Crippen molar-refractivity contribution in [3.63, 3.8) is 0 Å². The average Bonchev–Trinajstić information content (AvgIpc) is 3.10. The number of ether oxygens (including phenoxy) is 1. The van der Waals surface area contributed by atoms with Crippen LogP contribution in [0.25, 0.3) is 0 Å². The molecule has 3 N–H and O–H groups in total. The molecule has 2 amide bonds. The van der Waals surface area contributed by atoms with Crippen molar-refractivity contribution in [1.82, 2.24) is 9.88 Å². The molecule has 0 unspecified atom stereocenters. The van der Waals surface area contributed by atoms with Crippen molar-refractivity contribution >= 4 is 23.3 Å². The molecule has 0 aliphatic carbocycles.